The molecule has 0 radical (unpaired) electrons. The number of halogens is 1. The van der Waals surface area contributed by atoms with Crippen molar-refractivity contribution in [2.24, 2.45) is 0 Å². The van der Waals surface area contributed by atoms with Crippen LogP contribution in [0.2, 0.25) is 0 Å². The van der Waals surface area contributed by atoms with E-state index in [0.29, 0.717) is 0 Å². The van der Waals surface area contributed by atoms with E-state index in [9.17, 15) is 4.39 Å². The molecule has 1 heterocycles. The lowest BCUT2D eigenvalue weighted by Gasteiger charge is -2.27. The zero-order valence-electron chi connectivity index (χ0n) is 9.80. The van der Waals surface area contributed by atoms with Gasteiger partial charge in [0.1, 0.15) is 5.82 Å². The normalized spacial score (nSPS) is 17.6. The second-order valence-electron chi connectivity index (χ2n) is 4.43. The van der Waals surface area contributed by atoms with Crippen LogP contribution in [-0.4, -0.2) is 37.6 Å². The molecule has 1 aromatic rings. The summed E-state index contributed by atoms with van der Waals surface area (Å²) in [7, 11) is 0. The number of hydrogen-bond donors (Lipinski definition) is 1. The van der Waals surface area contributed by atoms with Gasteiger partial charge in [-0.25, -0.2) is 4.39 Å². The number of rotatable bonds is 3. The average Bonchev–Trinajstić information content (AvgIpc) is 2.32. The highest BCUT2D eigenvalue weighted by Crippen LogP contribution is 2.10. The van der Waals surface area contributed by atoms with Gasteiger partial charge in [-0.1, -0.05) is 12.1 Å². The Hall–Kier alpha value is -0.930. The third-order valence-corrected chi connectivity index (χ3v) is 3.16. The second-order valence-corrected chi connectivity index (χ2v) is 4.43. The molecule has 1 aromatic carbocycles. The Morgan fingerprint density at radius 3 is 2.75 bits per heavy atom. The van der Waals surface area contributed by atoms with Crippen molar-refractivity contribution in [2.45, 2.75) is 13.3 Å². The van der Waals surface area contributed by atoms with E-state index in [2.05, 4.69) is 10.2 Å². The van der Waals surface area contributed by atoms with Gasteiger partial charge < -0.3 is 10.2 Å². The first-order valence-corrected chi connectivity index (χ1v) is 5.94. The first-order chi connectivity index (χ1) is 7.75. The Morgan fingerprint density at radius 2 is 2.06 bits per heavy atom. The van der Waals surface area contributed by atoms with Crippen LogP contribution >= 0.6 is 0 Å². The van der Waals surface area contributed by atoms with Gasteiger partial charge in [-0.2, -0.15) is 0 Å². The summed E-state index contributed by atoms with van der Waals surface area (Å²) >= 11 is 0. The maximum atomic E-state index is 13.3. The predicted octanol–water partition coefficient (Wildman–Crippen LogP) is 1.58. The van der Waals surface area contributed by atoms with Crippen LogP contribution in [0.4, 0.5) is 4.39 Å². The highest BCUT2D eigenvalue weighted by Gasteiger charge is 2.09. The Bertz CT molecular complexity index is 346. The van der Waals surface area contributed by atoms with E-state index >= 15 is 0 Å². The van der Waals surface area contributed by atoms with E-state index in [0.717, 1.165) is 50.3 Å². The molecule has 0 aliphatic carbocycles. The van der Waals surface area contributed by atoms with Crippen LogP contribution in [0.1, 0.15) is 11.1 Å². The van der Waals surface area contributed by atoms with Gasteiger partial charge in [0.2, 0.25) is 0 Å². The van der Waals surface area contributed by atoms with Crippen molar-refractivity contribution in [3.05, 3.63) is 35.1 Å². The van der Waals surface area contributed by atoms with Gasteiger partial charge in [0.05, 0.1) is 0 Å². The summed E-state index contributed by atoms with van der Waals surface area (Å²) < 4.78 is 13.3. The Morgan fingerprint density at radius 1 is 1.31 bits per heavy atom. The summed E-state index contributed by atoms with van der Waals surface area (Å²) in [5.74, 6) is -0.0854. The van der Waals surface area contributed by atoms with Crippen molar-refractivity contribution in [3.63, 3.8) is 0 Å². The van der Waals surface area contributed by atoms with Crippen molar-refractivity contribution in [1.82, 2.24) is 10.2 Å². The summed E-state index contributed by atoms with van der Waals surface area (Å²) in [6.07, 6.45) is 0.942. The predicted molar refractivity (Wildman–Crippen MR) is 64.2 cm³/mol. The lowest BCUT2D eigenvalue weighted by Crippen LogP contribution is -2.44. The minimum Gasteiger partial charge on any atom is -0.314 e. The smallest absolute Gasteiger partial charge is 0.126 e. The molecule has 88 valence electrons. The van der Waals surface area contributed by atoms with Gasteiger partial charge in [-0.3, -0.25) is 0 Å². The minimum atomic E-state index is -0.0854. The molecular weight excluding hydrogens is 203 g/mol. The molecule has 0 atom stereocenters. The van der Waals surface area contributed by atoms with Crippen molar-refractivity contribution in [2.75, 3.05) is 32.7 Å². The molecule has 1 fully saturated rings. The van der Waals surface area contributed by atoms with Gasteiger partial charge in [0.15, 0.2) is 0 Å². The number of nitrogens with one attached hydrogen (secondary N) is 1. The van der Waals surface area contributed by atoms with Crippen molar-refractivity contribution in [3.8, 4) is 0 Å². The monoisotopic (exact) mass is 222 g/mol. The lowest BCUT2D eigenvalue weighted by molar-refractivity contribution is 0.244. The fourth-order valence-corrected chi connectivity index (χ4v) is 2.01. The van der Waals surface area contributed by atoms with Crippen molar-refractivity contribution >= 4 is 0 Å². The molecule has 0 saturated carbocycles. The molecule has 0 aromatic heterocycles. The fourth-order valence-electron chi connectivity index (χ4n) is 2.01. The molecule has 16 heavy (non-hydrogen) atoms. The molecule has 2 nitrogen and oxygen atoms in total. The number of nitrogens with zero attached hydrogens (tertiary/aromatic N) is 1. The fraction of sp³-hybridized carbons (Fsp3) is 0.538. The summed E-state index contributed by atoms with van der Waals surface area (Å²) in [5.41, 5.74) is 1.83. The van der Waals surface area contributed by atoms with E-state index < -0.39 is 0 Å². The van der Waals surface area contributed by atoms with Gasteiger partial charge >= 0.3 is 0 Å². The maximum Gasteiger partial charge on any atom is 0.126 e. The Balaban J connectivity index is 1.86. The zero-order valence-corrected chi connectivity index (χ0v) is 9.80. The quantitative estimate of drug-likeness (QED) is 0.835. The third-order valence-electron chi connectivity index (χ3n) is 3.16. The van der Waals surface area contributed by atoms with Crippen LogP contribution in [0.5, 0.6) is 0 Å². The van der Waals surface area contributed by atoms with Gasteiger partial charge in [-0.15, -0.1) is 0 Å². The van der Waals surface area contributed by atoms with Crippen LogP contribution in [0.25, 0.3) is 0 Å². The Labute approximate surface area is 96.5 Å². The summed E-state index contributed by atoms with van der Waals surface area (Å²) in [5, 5.41) is 3.33. The third kappa shape index (κ3) is 3.03. The Kier molecular flexibility index (Phi) is 3.91. The van der Waals surface area contributed by atoms with E-state index in [1.807, 2.05) is 12.1 Å². The number of aryl methyl sites for hydroxylation is 1. The first kappa shape index (κ1) is 11.6. The maximum absolute atomic E-state index is 13.3. The number of piperazine rings is 1. The van der Waals surface area contributed by atoms with Crippen LogP contribution in [0, 0.1) is 12.7 Å². The van der Waals surface area contributed by atoms with Gasteiger partial charge in [0.25, 0.3) is 0 Å². The highest BCUT2D eigenvalue weighted by molar-refractivity contribution is 5.23. The molecule has 1 N–H and O–H groups in total. The lowest BCUT2D eigenvalue weighted by atomic mass is 10.1. The highest BCUT2D eigenvalue weighted by atomic mass is 19.1. The molecule has 0 bridgehead atoms. The van der Waals surface area contributed by atoms with E-state index in [-0.39, 0.29) is 5.82 Å². The molecular formula is C13H19FN2. The molecule has 3 heteroatoms. The number of hydrogen-bond acceptors (Lipinski definition) is 2. The second kappa shape index (κ2) is 5.41. The number of benzene rings is 1. The first-order valence-electron chi connectivity index (χ1n) is 5.94. The summed E-state index contributed by atoms with van der Waals surface area (Å²) in [6, 6.07) is 5.56. The van der Waals surface area contributed by atoms with E-state index in [1.165, 1.54) is 0 Å². The zero-order chi connectivity index (χ0) is 11.4. The van der Waals surface area contributed by atoms with Crippen LogP contribution in [0.15, 0.2) is 18.2 Å². The standard InChI is InChI=1S/C13H19FN2/c1-11-2-3-12(10-13(11)14)4-7-16-8-5-15-6-9-16/h2-3,10,15H,4-9H2,1H3. The van der Waals surface area contributed by atoms with E-state index in [1.54, 1.807) is 13.0 Å². The molecule has 1 aliphatic rings. The topological polar surface area (TPSA) is 15.3 Å². The van der Waals surface area contributed by atoms with Crippen LogP contribution in [-0.2, 0) is 6.42 Å². The SMILES string of the molecule is Cc1ccc(CCN2CCNCC2)cc1F. The molecule has 1 saturated heterocycles. The van der Waals surface area contributed by atoms with Crippen LogP contribution in [0.3, 0.4) is 0 Å². The largest absolute Gasteiger partial charge is 0.314 e. The van der Waals surface area contributed by atoms with Crippen LogP contribution < -0.4 is 5.32 Å². The molecule has 1 aliphatic heterocycles. The summed E-state index contributed by atoms with van der Waals surface area (Å²) in [6.45, 7) is 7.19. The molecule has 2 rings (SSSR count). The average molecular weight is 222 g/mol. The molecule has 0 spiro atoms. The van der Waals surface area contributed by atoms with E-state index in [4.69, 9.17) is 0 Å². The van der Waals surface area contributed by atoms with Gasteiger partial charge in [0, 0.05) is 32.7 Å². The van der Waals surface area contributed by atoms with Crippen molar-refractivity contribution in [1.29, 1.82) is 0 Å². The minimum absolute atomic E-state index is 0.0854. The van der Waals surface area contributed by atoms with Gasteiger partial charge in [-0.05, 0) is 30.5 Å². The molecule has 0 unspecified atom stereocenters. The van der Waals surface area contributed by atoms with Crippen molar-refractivity contribution < 1.29 is 4.39 Å². The summed E-state index contributed by atoms with van der Waals surface area (Å²) in [4.78, 5) is 2.42. The molecule has 0 amide bonds.